The van der Waals surface area contributed by atoms with E-state index in [1.807, 2.05) is 53.2 Å². The average molecular weight is 433 g/mol. The molecule has 0 saturated carbocycles. The third-order valence-electron chi connectivity index (χ3n) is 5.82. The number of benzene rings is 4. The Morgan fingerprint density at radius 3 is 1.88 bits per heavy atom. The number of rotatable bonds is 5. The first-order chi connectivity index (χ1) is 16.1. The van der Waals surface area contributed by atoms with Crippen LogP contribution < -0.4 is 0 Å². The number of nitrogens with zero attached hydrogens (tertiary/aromatic N) is 2. The Morgan fingerprint density at radius 2 is 1.24 bits per heavy atom. The fraction of sp³-hybridized carbons (Fsp3) is 0.0690. The molecule has 0 unspecified atom stereocenters. The summed E-state index contributed by atoms with van der Waals surface area (Å²) in [5.74, 6) is 0.457. The summed E-state index contributed by atoms with van der Waals surface area (Å²) >= 11 is 0. The highest BCUT2D eigenvalue weighted by Gasteiger charge is 2.21. The van der Waals surface area contributed by atoms with E-state index in [4.69, 9.17) is 5.10 Å². The lowest BCUT2D eigenvalue weighted by atomic mass is 9.99. The van der Waals surface area contributed by atoms with Gasteiger partial charge < -0.3 is 10.2 Å². The van der Waals surface area contributed by atoms with Gasteiger partial charge in [0.15, 0.2) is 0 Å². The zero-order valence-corrected chi connectivity index (χ0v) is 18.3. The summed E-state index contributed by atoms with van der Waals surface area (Å²) in [5.41, 5.74) is 8.12. The number of phenolic OH excluding ortho intramolecular Hbond substituents is 2. The molecule has 162 valence electrons. The Hall–Kier alpha value is -4.31. The van der Waals surface area contributed by atoms with Gasteiger partial charge in [-0.05, 0) is 78.2 Å². The van der Waals surface area contributed by atoms with Crippen LogP contribution in [0.1, 0.15) is 12.5 Å². The topological polar surface area (TPSA) is 58.3 Å². The maximum atomic E-state index is 9.84. The number of hydrogen-bond donors (Lipinski definition) is 2. The van der Waals surface area contributed by atoms with Crippen molar-refractivity contribution in [2.45, 2.75) is 13.3 Å². The van der Waals surface area contributed by atoms with Crippen molar-refractivity contribution in [1.29, 1.82) is 0 Å². The van der Waals surface area contributed by atoms with Crippen LogP contribution in [0.25, 0.3) is 39.3 Å². The van der Waals surface area contributed by atoms with Gasteiger partial charge >= 0.3 is 0 Å². The summed E-state index contributed by atoms with van der Waals surface area (Å²) in [5, 5.41) is 24.7. The summed E-state index contributed by atoms with van der Waals surface area (Å²) in [6, 6.07) is 33.0. The van der Waals surface area contributed by atoms with Gasteiger partial charge in [0.2, 0.25) is 0 Å². The van der Waals surface area contributed by atoms with Crippen molar-refractivity contribution >= 4 is 0 Å². The largest absolute Gasteiger partial charge is 0.508 e. The number of aromatic hydroxyl groups is 2. The molecule has 2 N–H and O–H groups in total. The molecule has 0 atom stereocenters. The van der Waals surface area contributed by atoms with Crippen LogP contribution >= 0.6 is 0 Å². The fourth-order valence-corrected chi connectivity index (χ4v) is 4.19. The van der Waals surface area contributed by atoms with Gasteiger partial charge in [-0.2, -0.15) is 5.10 Å². The summed E-state index contributed by atoms with van der Waals surface area (Å²) < 4.78 is 1.99. The van der Waals surface area contributed by atoms with Crippen molar-refractivity contribution in [2.75, 3.05) is 0 Å². The van der Waals surface area contributed by atoms with E-state index in [0.717, 1.165) is 51.3 Å². The smallest absolute Gasteiger partial charge is 0.115 e. The van der Waals surface area contributed by atoms with E-state index < -0.39 is 0 Å². The maximum Gasteiger partial charge on any atom is 0.115 e. The number of aromatic nitrogens is 2. The molecule has 1 heterocycles. The molecule has 0 aliphatic rings. The zero-order valence-electron chi connectivity index (χ0n) is 18.3. The third kappa shape index (κ3) is 3.99. The van der Waals surface area contributed by atoms with E-state index in [1.54, 1.807) is 24.3 Å². The quantitative estimate of drug-likeness (QED) is 0.319. The highest BCUT2D eigenvalue weighted by Crippen LogP contribution is 2.36. The van der Waals surface area contributed by atoms with E-state index in [1.165, 1.54) is 0 Å². The van der Waals surface area contributed by atoms with Crippen LogP contribution in [0.15, 0.2) is 103 Å². The lowest BCUT2D eigenvalue weighted by molar-refractivity contribution is 0.475. The van der Waals surface area contributed by atoms with Gasteiger partial charge in [-0.1, -0.05) is 49.4 Å². The summed E-state index contributed by atoms with van der Waals surface area (Å²) in [7, 11) is 0. The molecule has 0 bridgehead atoms. The van der Waals surface area contributed by atoms with E-state index in [2.05, 4.69) is 37.3 Å². The lowest BCUT2D eigenvalue weighted by Gasteiger charge is -2.11. The van der Waals surface area contributed by atoms with Crippen LogP contribution in [0.3, 0.4) is 0 Å². The number of phenols is 2. The molecule has 4 aromatic carbocycles. The normalized spacial score (nSPS) is 10.9. The molecular formula is C29H24N2O2. The van der Waals surface area contributed by atoms with Crippen LogP contribution in [0.4, 0.5) is 0 Å². The van der Waals surface area contributed by atoms with Crippen molar-refractivity contribution in [3.8, 4) is 50.8 Å². The number of hydrogen-bond acceptors (Lipinski definition) is 3. The molecule has 4 nitrogen and oxygen atoms in total. The van der Waals surface area contributed by atoms with Gasteiger partial charge in [-0.3, -0.25) is 0 Å². The molecule has 0 aliphatic heterocycles. The van der Waals surface area contributed by atoms with Crippen molar-refractivity contribution in [3.63, 3.8) is 0 Å². The van der Waals surface area contributed by atoms with Gasteiger partial charge in [0, 0.05) is 16.7 Å². The minimum atomic E-state index is 0.227. The fourth-order valence-electron chi connectivity index (χ4n) is 4.19. The molecule has 1 aromatic heterocycles. The Kier molecular flexibility index (Phi) is 5.41. The van der Waals surface area contributed by atoms with Crippen LogP contribution in [0.5, 0.6) is 11.5 Å². The van der Waals surface area contributed by atoms with Gasteiger partial charge in [0.1, 0.15) is 11.5 Å². The molecule has 5 rings (SSSR count). The van der Waals surface area contributed by atoms with Crippen LogP contribution in [-0.2, 0) is 6.42 Å². The van der Waals surface area contributed by atoms with Crippen molar-refractivity contribution in [2.24, 2.45) is 0 Å². The average Bonchev–Trinajstić information content (AvgIpc) is 3.25. The monoisotopic (exact) mass is 432 g/mol. The standard InChI is InChI=1S/C29H24N2O2/c1-2-27-28(21-11-15-25(32)16-12-21)30-31(29(27)22-13-17-26(33)18-14-22)24-10-6-9-23(19-24)20-7-4-3-5-8-20/h3-19,32-33H,2H2,1H3. The minimum Gasteiger partial charge on any atom is -0.508 e. The van der Waals surface area contributed by atoms with Crippen molar-refractivity contribution in [1.82, 2.24) is 9.78 Å². The summed E-state index contributed by atoms with van der Waals surface area (Å²) in [4.78, 5) is 0. The van der Waals surface area contributed by atoms with Gasteiger partial charge in [0.05, 0.1) is 17.1 Å². The Morgan fingerprint density at radius 1 is 0.636 bits per heavy atom. The highest BCUT2D eigenvalue weighted by molar-refractivity contribution is 5.77. The molecule has 5 aromatic rings. The molecular weight excluding hydrogens is 408 g/mol. The Bertz CT molecular complexity index is 1390. The summed E-state index contributed by atoms with van der Waals surface area (Å²) in [6.45, 7) is 2.12. The molecule has 0 saturated heterocycles. The zero-order chi connectivity index (χ0) is 22.8. The molecule has 33 heavy (non-hydrogen) atoms. The predicted molar refractivity (Wildman–Crippen MR) is 133 cm³/mol. The van der Waals surface area contributed by atoms with Gasteiger partial charge in [-0.15, -0.1) is 0 Å². The van der Waals surface area contributed by atoms with E-state index in [-0.39, 0.29) is 11.5 Å². The third-order valence-corrected chi connectivity index (χ3v) is 5.82. The lowest BCUT2D eigenvalue weighted by Crippen LogP contribution is -2.00. The summed E-state index contributed by atoms with van der Waals surface area (Å²) in [6.07, 6.45) is 0.783. The molecule has 0 fully saturated rings. The van der Waals surface area contributed by atoms with Gasteiger partial charge in [0.25, 0.3) is 0 Å². The minimum absolute atomic E-state index is 0.227. The maximum absolute atomic E-state index is 9.84. The van der Waals surface area contributed by atoms with E-state index in [0.29, 0.717) is 0 Å². The predicted octanol–water partition coefficient (Wildman–Crippen LogP) is 6.85. The Balaban J connectivity index is 1.74. The molecule has 4 heteroatoms. The molecule has 0 amide bonds. The highest BCUT2D eigenvalue weighted by atomic mass is 16.3. The second-order valence-corrected chi connectivity index (χ2v) is 7.95. The second-order valence-electron chi connectivity index (χ2n) is 7.95. The first-order valence-corrected chi connectivity index (χ1v) is 11.0. The first-order valence-electron chi connectivity index (χ1n) is 11.0. The first kappa shape index (κ1) is 20.6. The molecule has 0 radical (unpaired) electrons. The van der Waals surface area contributed by atoms with Gasteiger partial charge in [-0.25, -0.2) is 4.68 Å². The van der Waals surface area contributed by atoms with Crippen LogP contribution in [0.2, 0.25) is 0 Å². The second kappa shape index (κ2) is 8.67. The van der Waals surface area contributed by atoms with E-state index in [9.17, 15) is 10.2 Å². The van der Waals surface area contributed by atoms with Crippen molar-refractivity contribution in [3.05, 3.63) is 109 Å². The Labute approximate surface area is 193 Å². The van der Waals surface area contributed by atoms with E-state index >= 15 is 0 Å². The molecule has 0 spiro atoms. The molecule has 0 aliphatic carbocycles. The SMILES string of the molecule is CCc1c(-c2ccc(O)cc2)nn(-c2cccc(-c3ccccc3)c2)c1-c1ccc(O)cc1. The van der Waals surface area contributed by atoms with Crippen molar-refractivity contribution < 1.29 is 10.2 Å². The van der Waals surface area contributed by atoms with Crippen LogP contribution in [-0.4, -0.2) is 20.0 Å². The van der Waals surface area contributed by atoms with Crippen LogP contribution in [0, 0.1) is 0 Å².